The Morgan fingerprint density at radius 2 is 1.76 bits per heavy atom. The van der Waals surface area contributed by atoms with E-state index in [1.807, 2.05) is 24.3 Å². The predicted octanol–water partition coefficient (Wildman–Crippen LogP) is 1.96. The molecule has 1 saturated heterocycles. The minimum absolute atomic E-state index is 0.00277. The van der Waals surface area contributed by atoms with Crippen LogP contribution in [0.4, 0.5) is 5.69 Å². The van der Waals surface area contributed by atoms with E-state index in [1.165, 1.54) is 5.56 Å². The first-order chi connectivity index (χ1) is 12.2. The third-order valence-corrected chi connectivity index (χ3v) is 4.34. The number of nitrogens with two attached hydrogens (primary N) is 1. The molecular formula is C20H25N3O2. The molecule has 0 unspecified atom stereocenters. The van der Waals surface area contributed by atoms with Crippen molar-refractivity contribution in [3.05, 3.63) is 65.2 Å². The van der Waals surface area contributed by atoms with Gasteiger partial charge in [-0.1, -0.05) is 36.4 Å². The van der Waals surface area contributed by atoms with E-state index in [9.17, 15) is 4.79 Å². The van der Waals surface area contributed by atoms with Gasteiger partial charge in [0.05, 0.1) is 19.6 Å². The molecule has 0 radical (unpaired) electrons. The van der Waals surface area contributed by atoms with E-state index in [4.69, 9.17) is 10.5 Å². The number of morpholine rings is 1. The first-order valence-electron chi connectivity index (χ1n) is 8.68. The van der Waals surface area contributed by atoms with Crippen molar-refractivity contribution in [3.63, 3.8) is 0 Å². The van der Waals surface area contributed by atoms with Crippen LogP contribution in [0.25, 0.3) is 0 Å². The topological polar surface area (TPSA) is 67.6 Å². The number of hydrogen-bond donors (Lipinski definition) is 2. The first-order valence-corrected chi connectivity index (χ1v) is 8.68. The summed E-state index contributed by atoms with van der Waals surface area (Å²) < 4.78 is 5.37. The molecule has 5 nitrogen and oxygen atoms in total. The Kier molecular flexibility index (Phi) is 6.04. The molecule has 1 aliphatic heterocycles. The van der Waals surface area contributed by atoms with Crippen molar-refractivity contribution in [1.29, 1.82) is 0 Å². The third-order valence-electron chi connectivity index (χ3n) is 4.34. The van der Waals surface area contributed by atoms with Crippen LogP contribution in [0.5, 0.6) is 0 Å². The van der Waals surface area contributed by atoms with Crippen LogP contribution in [0.2, 0.25) is 0 Å². The summed E-state index contributed by atoms with van der Waals surface area (Å²) in [6, 6.07) is 15.9. The highest BCUT2D eigenvalue weighted by atomic mass is 16.5. The Morgan fingerprint density at radius 3 is 2.48 bits per heavy atom. The van der Waals surface area contributed by atoms with Gasteiger partial charge in [-0.05, 0) is 28.8 Å². The lowest BCUT2D eigenvalue weighted by atomic mass is 10.1. The molecule has 0 aliphatic carbocycles. The van der Waals surface area contributed by atoms with Gasteiger partial charge in [0.1, 0.15) is 0 Å². The van der Waals surface area contributed by atoms with Crippen molar-refractivity contribution < 1.29 is 9.53 Å². The lowest BCUT2D eigenvalue weighted by molar-refractivity contribution is -0.120. The summed E-state index contributed by atoms with van der Waals surface area (Å²) in [6.45, 7) is 5.10. The van der Waals surface area contributed by atoms with E-state index in [-0.39, 0.29) is 5.91 Å². The lowest BCUT2D eigenvalue weighted by Gasteiger charge is -2.26. The first kappa shape index (κ1) is 17.5. The van der Waals surface area contributed by atoms with Crippen LogP contribution < -0.4 is 11.1 Å². The fourth-order valence-electron chi connectivity index (χ4n) is 2.93. The summed E-state index contributed by atoms with van der Waals surface area (Å²) in [6.07, 6.45) is 0.347. The van der Waals surface area contributed by atoms with Crippen LogP contribution in [0.3, 0.4) is 0 Å². The lowest BCUT2D eigenvalue weighted by Crippen LogP contribution is -2.35. The van der Waals surface area contributed by atoms with Crippen LogP contribution in [-0.2, 0) is 29.0 Å². The number of amides is 1. The smallest absolute Gasteiger partial charge is 0.224 e. The maximum absolute atomic E-state index is 12.1. The number of nitrogen functional groups attached to an aromatic ring is 1. The van der Waals surface area contributed by atoms with E-state index >= 15 is 0 Å². The summed E-state index contributed by atoms with van der Waals surface area (Å²) in [5.74, 6) is 0.00277. The number of nitrogens with one attached hydrogen (secondary N) is 1. The van der Waals surface area contributed by atoms with E-state index in [0.29, 0.717) is 18.7 Å². The van der Waals surface area contributed by atoms with Gasteiger partial charge in [0.15, 0.2) is 0 Å². The Balaban J connectivity index is 1.45. The molecule has 132 valence electrons. The van der Waals surface area contributed by atoms with Crippen LogP contribution in [0.1, 0.15) is 16.7 Å². The van der Waals surface area contributed by atoms with Crippen LogP contribution in [-0.4, -0.2) is 37.1 Å². The molecule has 1 aliphatic rings. The highest BCUT2D eigenvalue weighted by Gasteiger charge is 2.10. The summed E-state index contributed by atoms with van der Waals surface area (Å²) in [5.41, 5.74) is 9.74. The van der Waals surface area contributed by atoms with Crippen molar-refractivity contribution in [2.24, 2.45) is 0 Å². The third kappa shape index (κ3) is 5.59. The summed E-state index contributed by atoms with van der Waals surface area (Å²) in [4.78, 5) is 14.5. The van der Waals surface area contributed by atoms with Gasteiger partial charge in [0.2, 0.25) is 5.91 Å². The number of carbonyl (C=O) groups excluding carboxylic acids is 1. The number of rotatable bonds is 6. The van der Waals surface area contributed by atoms with E-state index in [2.05, 4.69) is 34.5 Å². The molecule has 2 aromatic rings. The molecule has 3 N–H and O–H groups in total. The van der Waals surface area contributed by atoms with E-state index < -0.39 is 0 Å². The van der Waals surface area contributed by atoms with Crippen molar-refractivity contribution in [2.75, 3.05) is 32.0 Å². The van der Waals surface area contributed by atoms with Gasteiger partial charge < -0.3 is 15.8 Å². The standard InChI is InChI=1S/C20H25N3O2/c21-19-3-1-2-18(12-19)13-20(24)22-14-16-4-6-17(7-5-16)15-23-8-10-25-11-9-23/h1-7,12H,8-11,13-15,21H2,(H,22,24). The minimum Gasteiger partial charge on any atom is -0.399 e. The molecule has 25 heavy (non-hydrogen) atoms. The molecule has 1 fully saturated rings. The second-order valence-electron chi connectivity index (χ2n) is 6.40. The highest BCUT2D eigenvalue weighted by Crippen LogP contribution is 2.10. The van der Waals surface area contributed by atoms with Gasteiger partial charge in [-0.15, -0.1) is 0 Å². The predicted molar refractivity (Wildman–Crippen MR) is 98.9 cm³/mol. The van der Waals surface area contributed by atoms with Crippen LogP contribution >= 0.6 is 0 Å². The largest absolute Gasteiger partial charge is 0.399 e. The molecule has 0 atom stereocenters. The molecule has 0 spiro atoms. The van der Waals surface area contributed by atoms with E-state index in [0.717, 1.165) is 44.0 Å². The highest BCUT2D eigenvalue weighted by molar-refractivity contribution is 5.78. The van der Waals surface area contributed by atoms with Crippen molar-refractivity contribution in [1.82, 2.24) is 10.2 Å². The van der Waals surface area contributed by atoms with Gasteiger partial charge in [-0.2, -0.15) is 0 Å². The maximum atomic E-state index is 12.1. The quantitative estimate of drug-likeness (QED) is 0.790. The number of hydrogen-bond acceptors (Lipinski definition) is 4. The number of benzene rings is 2. The zero-order chi connectivity index (χ0) is 17.5. The van der Waals surface area contributed by atoms with E-state index in [1.54, 1.807) is 0 Å². The SMILES string of the molecule is Nc1cccc(CC(=O)NCc2ccc(CN3CCOCC3)cc2)c1. The molecule has 5 heteroatoms. The van der Waals surface area contributed by atoms with Gasteiger partial charge in [-0.25, -0.2) is 0 Å². The Bertz CT molecular complexity index is 694. The van der Waals surface area contributed by atoms with Gasteiger partial charge in [0, 0.05) is 31.9 Å². The molecule has 0 aromatic heterocycles. The fraction of sp³-hybridized carbons (Fsp3) is 0.350. The zero-order valence-corrected chi connectivity index (χ0v) is 14.4. The van der Waals surface area contributed by atoms with Crippen molar-refractivity contribution in [2.45, 2.75) is 19.5 Å². The summed E-state index contributed by atoms with van der Waals surface area (Å²) >= 11 is 0. The monoisotopic (exact) mass is 339 g/mol. The Hall–Kier alpha value is -2.37. The maximum Gasteiger partial charge on any atom is 0.224 e. The second-order valence-corrected chi connectivity index (χ2v) is 6.40. The molecule has 0 bridgehead atoms. The zero-order valence-electron chi connectivity index (χ0n) is 14.4. The van der Waals surface area contributed by atoms with Gasteiger partial charge in [0.25, 0.3) is 0 Å². The normalized spacial score (nSPS) is 15.0. The Labute approximate surface area is 148 Å². The molecule has 1 heterocycles. The summed E-state index contributed by atoms with van der Waals surface area (Å²) in [5, 5.41) is 2.96. The van der Waals surface area contributed by atoms with Gasteiger partial charge in [-0.3, -0.25) is 9.69 Å². The fourth-order valence-corrected chi connectivity index (χ4v) is 2.93. The second kappa shape index (κ2) is 8.65. The molecule has 3 rings (SSSR count). The Morgan fingerprint density at radius 1 is 1.04 bits per heavy atom. The average molecular weight is 339 g/mol. The number of carbonyl (C=O) groups is 1. The molecular weight excluding hydrogens is 314 g/mol. The minimum atomic E-state index is 0.00277. The number of anilines is 1. The number of ether oxygens (including phenoxy) is 1. The average Bonchev–Trinajstić information content (AvgIpc) is 2.62. The van der Waals surface area contributed by atoms with Crippen LogP contribution in [0, 0.1) is 0 Å². The van der Waals surface area contributed by atoms with Crippen LogP contribution in [0.15, 0.2) is 48.5 Å². The number of nitrogens with zero attached hydrogens (tertiary/aromatic N) is 1. The van der Waals surface area contributed by atoms with Crippen molar-refractivity contribution >= 4 is 11.6 Å². The molecule has 1 amide bonds. The molecule has 0 saturated carbocycles. The van der Waals surface area contributed by atoms with Crippen molar-refractivity contribution in [3.8, 4) is 0 Å². The molecule has 2 aromatic carbocycles. The van der Waals surface area contributed by atoms with Gasteiger partial charge >= 0.3 is 0 Å². The summed E-state index contributed by atoms with van der Waals surface area (Å²) in [7, 11) is 0.